The smallest absolute Gasteiger partial charge is 0.332 e. The Bertz CT molecular complexity index is 7720. The van der Waals surface area contributed by atoms with Crippen LogP contribution in [0.15, 0.2) is 72.2 Å². The number of H-pyrrole nitrogens is 4. The highest BCUT2D eigenvalue weighted by Crippen LogP contribution is 2.27. The van der Waals surface area contributed by atoms with E-state index in [0.717, 1.165) is 97.6 Å². The van der Waals surface area contributed by atoms with E-state index in [9.17, 15) is 95.9 Å². The van der Waals surface area contributed by atoms with Gasteiger partial charge in [0, 0.05) is 120 Å². The number of carbonyl (C=O) groups is 6. The molecule has 0 aliphatic carbocycles. The third-order valence-corrected chi connectivity index (χ3v) is 24.7. The molecule has 0 aliphatic heterocycles. The van der Waals surface area contributed by atoms with E-state index in [1.807, 2.05) is 0 Å². The minimum absolute atomic E-state index is 0. The molecule has 8 N–H and O–H groups in total. The minimum atomic E-state index is -0.538. The van der Waals surface area contributed by atoms with Crippen LogP contribution in [0, 0.1) is 3.95 Å². The molecule has 0 fully saturated rings. The molecule has 61 heteroatoms. The highest BCUT2D eigenvalue weighted by atomic mass is 35.5. The number of rotatable bonds is 23. The van der Waals surface area contributed by atoms with Crippen molar-refractivity contribution < 1.29 is 47.7 Å². The molecule has 14 aromatic rings. The van der Waals surface area contributed by atoms with E-state index in [1.54, 1.807) is 34.7 Å². The lowest BCUT2D eigenvalue weighted by molar-refractivity contribution is -0.144. The first kappa shape index (κ1) is 135. The van der Waals surface area contributed by atoms with Crippen molar-refractivity contribution in [2.45, 2.75) is 201 Å². The fourth-order valence-electron chi connectivity index (χ4n) is 11.4. The quantitative estimate of drug-likeness (QED) is 0.00781. The van der Waals surface area contributed by atoms with Gasteiger partial charge >= 0.3 is 63.7 Å². The molecule has 0 atom stereocenters. The number of anilines is 3. The number of fused-ring (bicyclic) bond motifs is 7. The lowest BCUT2D eigenvalue weighted by atomic mass is 10.3. The van der Waals surface area contributed by atoms with Gasteiger partial charge in [-0.25, -0.2) is 63.5 Å². The van der Waals surface area contributed by atoms with Crippen LogP contribution >= 0.6 is 115 Å². The Morgan fingerprint density at radius 3 is 1.00 bits per heavy atom. The van der Waals surface area contributed by atoms with E-state index >= 15 is 0 Å². The van der Waals surface area contributed by atoms with Crippen molar-refractivity contribution in [1.82, 2.24) is 100 Å². The summed E-state index contributed by atoms with van der Waals surface area (Å²) in [7, 11) is 10.6. The van der Waals surface area contributed by atoms with E-state index in [-0.39, 0.29) is 238 Å². The second-order valence-electron chi connectivity index (χ2n) is 26.5. The van der Waals surface area contributed by atoms with Gasteiger partial charge in [-0.05, 0) is 76.2 Å². The van der Waals surface area contributed by atoms with Gasteiger partial charge in [0.15, 0.2) is 67.3 Å². The molecule has 142 heavy (non-hydrogen) atoms. The molecule has 0 radical (unpaired) electrons. The Morgan fingerprint density at radius 2 is 0.655 bits per heavy atom. The first-order chi connectivity index (χ1) is 61.9. The molecule has 51 nitrogen and oxygen atoms in total. The van der Waals surface area contributed by atoms with Crippen molar-refractivity contribution >= 4 is 243 Å². The number of nitrogen functional groups attached to an aromatic ring is 1. The summed E-state index contributed by atoms with van der Waals surface area (Å²) in [4.78, 5) is 268. The van der Waals surface area contributed by atoms with Gasteiger partial charge in [-0.2, -0.15) is 0 Å². The highest BCUT2D eigenvalue weighted by Gasteiger charge is 2.23. The van der Waals surface area contributed by atoms with E-state index in [0.29, 0.717) is 95.0 Å². The third kappa shape index (κ3) is 33.2. The number of nitrogens with one attached hydrogen (secondary N) is 6. The normalized spacial score (nSPS) is 9.96. The van der Waals surface area contributed by atoms with Crippen LogP contribution in [0.25, 0.3) is 82.9 Å². The molecule has 0 aliphatic rings. The molecule has 788 valence electrons. The maximum absolute atomic E-state index is 12.5. The number of halogens is 2. The van der Waals surface area contributed by atoms with Crippen molar-refractivity contribution in [1.29, 1.82) is 0 Å². The van der Waals surface area contributed by atoms with Crippen LogP contribution < -0.4 is 95.1 Å². The molecule has 14 heterocycles. The van der Waals surface area contributed by atoms with Crippen LogP contribution in [0.1, 0.15) is 175 Å². The Morgan fingerprint density at radius 1 is 0.380 bits per heavy atom. The summed E-state index contributed by atoms with van der Waals surface area (Å²) in [6, 6.07) is 0. The average molecular weight is 2190 g/mol. The fraction of sp³-hybridized carbons (Fsp3) is 0.494. The molecule has 0 bridgehead atoms. The highest BCUT2D eigenvalue weighted by molar-refractivity contribution is 7.73. The predicted octanol–water partition coefficient (Wildman–Crippen LogP) is 10.5. The molecule has 0 saturated heterocycles. The summed E-state index contributed by atoms with van der Waals surface area (Å²) in [5.74, 6) is -2.00. The molecule has 0 saturated carbocycles. The van der Waals surface area contributed by atoms with Gasteiger partial charge in [0.1, 0.15) is 38.5 Å². The summed E-state index contributed by atoms with van der Waals surface area (Å²) in [6.07, 6.45) is 1.92. The summed E-state index contributed by atoms with van der Waals surface area (Å²) in [5.41, 5.74) is 9.25. The molecule has 0 unspecified atom stereocenters. The van der Waals surface area contributed by atoms with Gasteiger partial charge in [0.05, 0.1) is 26.4 Å². The predicted molar refractivity (Wildman–Crippen MR) is 570 cm³/mol. The van der Waals surface area contributed by atoms with Gasteiger partial charge < -0.3 is 40.3 Å². The number of ether oxygens (including phenoxy) is 4. The molecule has 14 aromatic heterocycles. The van der Waals surface area contributed by atoms with Gasteiger partial charge in [-0.3, -0.25) is 128 Å². The number of aromatic nitrogens is 21. The van der Waals surface area contributed by atoms with Gasteiger partial charge in [0.25, 0.3) is 38.9 Å². The van der Waals surface area contributed by atoms with E-state index in [4.69, 9.17) is 65.6 Å². The van der Waals surface area contributed by atoms with E-state index < -0.39 is 73.2 Å². The summed E-state index contributed by atoms with van der Waals surface area (Å²) in [6.45, 7) is 11.3. The number of aromatic amines is 4. The van der Waals surface area contributed by atoms with Crippen LogP contribution in [0.3, 0.4) is 0 Å². The SMILES string of the molecule is C.C.C.C.C.C.C.C.C.C.C.CC(=O)Nc1nc2c(s1)c(=O)[nH]c(=O)n2C.CCOC(=O)CCCn1c(=O)c2sc(=S)[nH]c2n(C)c1=O.CCOC(=O)CCCn1c(=O)c2sc(Cl)nc2n(C)c1=O.CCOC(=O)CCCn1c(=O)c2sc(N=[N+]=[N-])nc2n(C)c1=O.CCOC(=O)CCCn1c(=O)c2sc(NC(C)=O)nc2n(C)c1=O.Cn1c(=O)[nH]c(=O)c2sc(Cl)nc21.Cn1c(=O)[nH]c(=O)c2sc(N)nc21. The van der Waals surface area contributed by atoms with Gasteiger partial charge in [-0.1, -0.05) is 173 Å². The number of nitrogens with zero attached hydrogens (tertiary/aromatic N) is 20. The van der Waals surface area contributed by atoms with Crippen LogP contribution in [0.4, 0.5) is 20.5 Å². The maximum atomic E-state index is 12.5. The number of carbonyl (C=O) groups excluding carboxylic acids is 6. The fourth-order valence-corrected chi connectivity index (χ4v) is 18.2. The molecular weight excluding hydrogens is 2060 g/mol. The zero-order valence-electron chi connectivity index (χ0n) is 71.2. The van der Waals surface area contributed by atoms with E-state index in [2.05, 4.69) is 70.5 Å². The van der Waals surface area contributed by atoms with Crippen LogP contribution in [0.2, 0.25) is 8.93 Å². The number of aryl methyl sites for hydroxylation is 7. The van der Waals surface area contributed by atoms with Crippen LogP contribution in [-0.2, 0) is 123 Å². The van der Waals surface area contributed by atoms with Crippen molar-refractivity contribution in [2.24, 2.45) is 54.4 Å². The summed E-state index contributed by atoms with van der Waals surface area (Å²) >= 11 is 23.7. The summed E-state index contributed by atoms with van der Waals surface area (Å²) in [5, 5.41) is 9.23. The molecule has 0 spiro atoms. The number of esters is 4. The summed E-state index contributed by atoms with van der Waals surface area (Å²) < 4.78 is 35.6. The number of azide groups is 1. The standard InChI is InChI=1S/C14H18N4O5S.C12H14ClN3O4S.C12H14N6O4S.C12H15N3O4S2.C8H8N4O3S.C6H4ClN3O2S.C6H6N4O2S.11CH4/c1-4-23-9(20)6-5-7-18-12(21)10-11(17(3)14(18)22)16-13(24-10)15-8(2)19;1-3-20-7(17)5-4-6-16-10(18)8-9(14-11(13)21-8)15(2)12(16)19;1-3-22-7(19)5-4-6-18-10(20)8-9(17(2)12(18)21)14-11(23-8)15-16-13;1-3-19-7(16)5-4-6-15-10(17)8-9(13-11(20)21-8)14(2)12(15)18;1-3(13)9-7-10-5-4(16-7)6(14)11-8(15)12(5)2;2*1-10-3-2(13-5(7)8-3)4(11)9-6(10)12;;;;;;;;;;;/h4-7H2,1-3H3,(H,15,16,19);3-6H2,1-2H3;3-6H2,1-2H3;3-6H2,1-2H3,(H,13,20);1-2H3,(H,9,10,13)(H,11,14,15);1H3,(H,9,11,12);1H3,(H2,7,8)(H,9,11,12);11*1H4. The molecular formula is C81H123Cl2N27O24S8. The molecule has 0 aromatic carbocycles. The zero-order chi connectivity index (χ0) is 97.0. The second kappa shape index (κ2) is 60.8. The number of hydrogen-bond acceptors (Lipinski definition) is 40. The van der Waals surface area contributed by atoms with Crippen molar-refractivity contribution in [3.8, 4) is 0 Å². The Balaban J connectivity index is -0.000000779. The number of hydrogen-bond donors (Lipinski definition) is 7. The number of amides is 2. The average Bonchev–Trinajstić information content (AvgIpc) is 1.61. The topological polar surface area (TPSA) is 672 Å². The van der Waals surface area contributed by atoms with E-state index in [1.165, 1.54) is 88.1 Å². The number of thiazole rings is 7. The lowest BCUT2D eigenvalue weighted by Crippen LogP contribution is -2.38. The Kier molecular flexibility index (Phi) is 57.8. The van der Waals surface area contributed by atoms with Crippen molar-refractivity contribution in [3.63, 3.8) is 0 Å². The van der Waals surface area contributed by atoms with Crippen molar-refractivity contribution in [3.05, 3.63) is 169 Å². The second-order valence-corrected chi connectivity index (χ2v) is 35.3. The Hall–Kier alpha value is -13.3. The molecule has 14 rings (SSSR count). The molecule has 2 amide bonds. The van der Waals surface area contributed by atoms with Crippen LogP contribution in [-0.4, -0.2) is 162 Å². The van der Waals surface area contributed by atoms with Gasteiger partial charge in [-0.15, -0.1) is 11.3 Å². The first-order valence-corrected chi connectivity index (χ1v) is 45.0. The maximum Gasteiger partial charge on any atom is 0.332 e. The zero-order valence-corrected chi connectivity index (χ0v) is 79.2. The van der Waals surface area contributed by atoms with Crippen molar-refractivity contribution in [2.75, 3.05) is 42.8 Å². The largest absolute Gasteiger partial charge is 0.466 e. The third-order valence-electron chi connectivity index (χ3n) is 17.5. The lowest BCUT2D eigenvalue weighted by Gasteiger charge is -2.07. The van der Waals surface area contributed by atoms with Crippen LogP contribution in [0.5, 0.6) is 0 Å². The number of nitrogens with two attached hydrogens (primary N) is 1. The monoisotopic (exact) mass is 2180 g/mol. The van der Waals surface area contributed by atoms with Gasteiger partial charge in [0.2, 0.25) is 11.8 Å². The minimum Gasteiger partial charge on any atom is -0.466 e. The first-order valence-electron chi connectivity index (χ1n) is 38.1. The Labute approximate surface area is 852 Å².